The van der Waals surface area contributed by atoms with Crippen molar-refractivity contribution in [1.29, 1.82) is 0 Å². The Labute approximate surface area is 105 Å². The lowest BCUT2D eigenvalue weighted by molar-refractivity contribution is 0.614. The van der Waals surface area contributed by atoms with Gasteiger partial charge in [-0.05, 0) is 49.2 Å². The molecule has 0 saturated carbocycles. The van der Waals surface area contributed by atoms with Crippen molar-refractivity contribution in [2.45, 2.75) is 19.9 Å². The number of aryl methyl sites for hydroxylation is 1. The van der Waals surface area contributed by atoms with Gasteiger partial charge in [-0.15, -0.1) is 0 Å². The molecule has 18 heavy (non-hydrogen) atoms. The molecule has 94 valence electrons. The molecule has 1 nitrogen and oxygen atoms in total. The van der Waals surface area contributed by atoms with Crippen molar-refractivity contribution in [3.05, 3.63) is 65.2 Å². The second kappa shape index (κ2) is 5.17. The molecule has 0 heterocycles. The molecular formula is C15H15F2N. The van der Waals surface area contributed by atoms with Crippen molar-refractivity contribution in [2.24, 2.45) is 0 Å². The van der Waals surface area contributed by atoms with E-state index < -0.39 is 0 Å². The molecule has 2 aromatic carbocycles. The SMILES string of the molecule is Cc1ccc(C(C)Nc2cccc(F)c2)cc1F. The Hall–Kier alpha value is -1.90. The molecule has 1 N–H and O–H groups in total. The van der Waals surface area contributed by atoms with Gasteiger partial charge in [-0.3, -0.25) is 0 Å². The van der Waals surface area contributed by atoms with Crippen LogP contribution in [0.15, 0.2) is 42.5 Å². The van der Waals surface area contributed by atoms with Gasteiger partial charge in [0, 0.05) is 11.7 Å². The predicted molar refractivity (Wildman–Crippen MR) is 69.6 cm³/mol. The van der Waals surface area contributed by atoms with Crippen molar-refractivity contribution in [1.82, 2.24) is 0 Å². The molecule has 0 aliphatic heterocycles. The van der Waals surface area contributed by atoms with Crippen molar-refractivity contribution >= 4 is 5.69 Å². The molecule has 1 unspecified atom stereocenters. The molecule has 0 amide bonds. The van der Waals surface area contributed by atoms with E-state index >= 15 is 0 Å². The van der Waals surface area contributed by atoms with Gasteiger partial charge in [0.1, 0.15) is 11.6 Å². The maximum atomic E-state index is 13.5. The maximum Gasteiger partial charge on any atom is 0.126 e. The average molecular weight is 247 g/mol. The Kier molecular flexibility index (Phi) is 3.60. The molecule has 0 aromatic heterocycles. The zero-order chi connectivity index (χ0) is 13.1. The summed E-state index contributed by atoms with van der Waals surface area (Å²) >= 11 is 0. The summed E-state index contributed by atoms with van der Waals surface area (Å²) in [6, 6.07) is 11.3. The summed E-state index contributed by atoms with van der Waals surface area (Å²) in [5, 5.41) is 3.14. The third kappa shape index (κ3) is 2.86. The van der Waals surface area contributed by atoms with Gasteiger partial charge in [0.05, 0.1) is 0 Å². The largest absolute Gasteiger partial charge is 0.378 e. The van der Waals surface area contributed by atoms with E-state index in [1.54, 1.807) is 25.1 Å². The number of rotatable bonds is 3. The van der Waals surface area contributed by atoms with Crippen LogP contribution in [0.1, 0.15) is 24.1 Å². The second-order valence-corrected chi connectivity index (χ2v) is 4.38. The Morgan fingerprint density at radius 1 is 1.06 bits per heavy atom. The minimum atomic E-state index is -0.290. The lowest BCUT2D eigenvalue weighted by Crippen LogP contribution is -2.07. The Morgan fingerprint density at radius 3 is 2.50 bits per heavy atom. The van der Waals surface area contributed by atoms with Crippen LogP contribution in [0, 0.1) is 18.6 Å². The van der Waals surface area contributed by atoms with Crippen LogP contribution in [0.5, 0.6) is 0 Å². The summed E-state index contributed by atoms with van der Waals surface area (Å²) in [5.41, 5.74) is 2.14. The first-order valence-corrected chi connectivity index (χ1v) is 5.84. The van der Waals surface area contributed by atoms with Gasteiger partial charge in [-0.1, -0.05) is 18.2 Å². The summed E-state index contributed by atoms with van der Waals surface area (Å²) in [6.45, 7) is 3.64. The first-order valence-electron chi connectivity index (χ1n) is 5.84. The highest BCUT2D eigenvalue weighted by Crippen LogP contribution is 2.21. The highest BCUT2D eigenvalue weighted by molar-refractivity contribution is 5.45. The van der Waals surface area contributed by atoms with Crippen LogP contribution in [0.2, 0.25) is 0 Å². The Bertz CT molecular complexity index is 552. The quantitative estimate of drug-likeness (QED) is 0.845. The van der Waals surface area contributed by atoms with Gasteiger partial charge in [-0.2, -0.15) is 0 Å². The average Bonchev–Trinajstić information content (AvgIpc) is 2.32. The fraction of sp³-hybridized carbons (Fsp3) is 0.200. The van der Waals surface area contributed by atoms with Crippen molar-refractivity contribution in [3.8, 4) is 0 Å². The highest BCUT2D eigenvalue weighted by atomic mass is 19.1. The minimum absolute atomic E-state index is 0.0816. The fourth-order valence-electron chi connectivity index (χ4n) is 1.79. The van der Waals surface area contributed by atoms with Gasteiger partial charge < -0.3 is 5.32 Å². The fourth-order valence-corrected chi connectivity index (χ4v) is 1.79. The smallest absolute Gasteiger partial charge is 0.126 e. The topological polar surface area (TPSA) is 12.0 Å². The number of benzene rings is 2. The molecule has 0 bridgehead atoms. The van der Waals surface area contributed by atoms with E-state index in [-0.39, 0.29) is 17.7 Å². The maximum absolute atomic E-state index is 13.5. The van der Waals surface area contributed by atoms with Gasteiger partial charge in [0.2, 0.25) is 0 Å². The molecule has 2 rings (SSSR count). The summed E-state index contributed by atoms with van der Waals surface area (Å²) in [4.78, 5) is 0. The molecule has 0 spiro atoms. The minimum Gasteiger partial charge on any atom is -0.378 e. The molecule has 0 saturated heterocycles. The van der Waals surface area contributed by atoms with Gasteiger partial charge in [0.25, 0.3) is 0 Å². The van der Waals surface area contributed by atoms with Crippen molar-refractivity contribution < 1.29 is 8.78 Å². The monoisotopic (exact) mass is 247 g/mol. The summed E-state index contributed by atoms with van der Waals surface area (Å²) < 4.78 is 26.5. The van der Waals surface area contributed by atoms with E-state index in [2.05, 4.69) is 5.32 Å². The zero-order valence-electron chi connectivity index (χ0n) is 10.4. The molecule has 0 fully saturated rings. The van der Waals surface area contributed by atoms with E-state index in [1.807, 2.05) is 13.0 Å². The van der Waals surface area contributed by atoms with E-state index in [0.717, 1.165) is 5.56 Å². The number of halogens is 2. The van der Waals surface area contributed by atoms with Gasteiger partial charge in [-0.25, -0.2) is 8.78 Å². The number of nitrogens with one attached hydrogen (secondary N) is 1. The first kappa shape index (κ1) is 12.6. The summed E-state index contributed by atoms with van der Waals surface area (Å²) in [7, 11) is 0. The van der Waals surface area contributed by atoms with Crippen LogP contribution in [0.25, 0.3) is 0 Å². The molecule has 0 aliphatic rings. The second-order valence-electron chi connectivity index (χ2n) is 4.38. The molecule has 3 heteroatoms. The number of hydrogen-bond acceptors (Lipinski definition) is 1. The van der Waals surface area contributed by atoms with Crippen molar-refractivity contribution in [2.75, 3.05) is 5.32 Å². The molecule has 0 radical (unpaired) electrons. The van der Waals surface area contributed by atoms with Crippen LogP contribution < -0.4 is 5.32 Å². The number of anilines is 1. The predicted octanol–water partition coefficient (Wildman–Crippen LogP) is 4.45. The lowest BCUT2D eigenvalue weighted by atomic mass is 10.1. The van der Waals surface area contributed by atoms with Crippen LogP contribution in [0.4, 0.5) is 14.5 Å². The summed E-state index contributed by atoms with van der Waals surface area (Å²) in [5.74, 6) is -0.511. The number of hydrogen-bond donors (Lipinski definition) is 1. The standard InChI is InChI=1S/C15H15F2N/c1-10-6-7-12(8-15(10)17)11(2)18-14-5-3-4-13(16)9-14/h3-9,11,18H,1-2H3. The molecule has 1 atom stereocenters. The normalized spacial score (nSPS) is 12.2. The summed E-state index contributed by atoms with van der Waals surface area (Å²) in [6.07, 6.45) is 0. The third-order valence-electron chi connectivity index (χ3n) is 2.90. The molecule has 2 aromatic rings. The highest BCUT2D eigenvalue weighted by Gasteiger charge is 2.08. The third-order valence-corrected chi connectivity index (χ3v) is 2.90. The van der Waals surface area contributed by atoms with Crippen LogP contribution >= 0.6 is 0 Å². The van der Waals surface area contributed by atoms with Gasteiger partial charge in [0.15, 0.2) is 0 Å². The Morgan fingerprint density at radius 2 is 1.83 bits per heavy atom. The van der Waals surface area contributed by atoms with E-state index in [1.165, 1.54) is 18.2 Å². The zero-order valence-corrected chi connectivity index (χ0v) is 10.4. The van der Waals surface area contributed by atoms with Crippen molar-refractivity contribution in [3.63, 3.8) is 0 Å². The Balaban J connectivity index is 2.16. The van der Waals surface area contributed by atoms with Crippen LogP contribution in [-0.2, 0) is 0 Å². The molecule has 0 aliphatic carbocycles. The lowest BCUT2D eigenvalue weighted by Gasteiger charge is -2.16. The van der Waals surface area contributed by atoms with E-state index in [0.29, 0.717) is 11.3 Å². The van der Waals surface area contributed by atoms with Crippen LogP contribution in [0.3, 0.4) is 0 Å². The van der Waals surface area contributed by atoms with E-state index in [9.17, 15) is 8.78 Å². The van der Waals surface area contributed by atoms with Gasteiger partial charge >= 0.3 is 0 Å². The van der Waals surface area contributed by atoms with Crippen LogP contribution in [-0.4, -0.2) is 0 Å². The van der Waals surface area contributed by atoms with E-state index in [4.69, 9.17) is 0 Å². The molecular weight excluding hydrogens is 232 g/mol. The first-order chi connectivity index (χ1) is 8.56.